The molecule has 0 spiro atoms. The van der Waals surface area contributed by atoms with E-state index in [0.29, 0.717) is 0 Å². The first kappa shape index (κ1) is 20.7. The van der Waals surface area contributed by atoms with E-state index in [4.69, 9.17) is 0 Å². The van der Waals surface area contributed by atoms with Gasteiger partial charge in [0.05, 0.1) is 22.2 Å². The van der Waals surface area contributed by atoms with Gasteiger partial charge in [-0.1, -0.05) is 42.5 Å². The van der Waals surface area contributed by atoms with Crippen LogP contribution in [0, 0.1) is 0 Å². The number of benzene rings is 5. The van der Waals surface area contributed by atoms with E-state index < -0.39 is 11.9 Å². The van der Waals surface area contributed by atoms with Crippen molar-refractivity contribution in [3.63, 3.8) is 0 Å². The van der Waals surface area contributed by atoms with Gasteiger partial charge >= 0.3 is 11.9 Å². The molecule has 9 rings (SSSR count). The van der Waals surface area contributed by atoms with E-state index in [1.54, 1.807) is 24.3 Å². The van der Waals surface area contributed by atoms with Crippen molar-refractivity contribution < 1.29 is 19.8 Å². The molecule has 4 heterocycles. The zero-order valence-corrected chi connectivity index (χ0v) is 20.3. The van der Waals surface area contributed by atoms with E-state index in [-0.39, 0.29) is 17.8 Å². The van der Waals surface area contributed by atoms with Crippen molar-refractivity contribution >= 4 is 78.7 Å². The number of carbonyl (C=O) groups is 2. The molecule has 182 valence electrons. The van der Waals surface area contributed by atoms with Crippen LogP contribution >= 0.6 is 0 Å². The molecule has 2 aliphatic rings. The molecule has 39 heavy (non-hydrogen) atoms. The Balaban J connectivity index is 1.48. The summed E-state index contributed by atoms with van der Waals surface area (Å²) >= 11 is 0. The minimum atomic E-state index is -0.939. The maximum Gasteiger partial charge on any atom is 0.335 e. The lowest BCUT2D eigenvalue weighted by molar-refractivity contribution is 0.0686. The van der Waals surface area contributed by atoms with Gasteiger partial charge in [-0.15, -0.1) is 0 Å². The summed E-state index contributed by atoms with van der Waals surface area (Å²) in [6.45, 7) is -0.0184. The average Bonchev–Trinajstić information content (AvgIpc) is 3.47. The Kier molecular flexibility index (Phi) is 3.60. The van der Waals surface area contributed by atoms with Gasteiger partial charge in [0.25, 0.3) is 6.71 Å². The van der Waals surface area contributed by atoms with E-state index in [9.17, 15) is 19.8 Å². The highest BCUT2D eigenvalue weighted by Crippen LogP contribution is 2.39. The van der Waals surface area contributed by atoms with Crippen molar-refractivity contribution in [3.8, 4) is 11.4 Å². The molecule has 0 aliphatic carbocycles. The Morgan fingerprint density at radius 1 is 0.564 bits per heavy atom. The topological polar surface area (TPSA) is 84.5 Å². The fourth-order valence-electron chi connectivity index (χ4n) is 7.13. The van der Waals surface area contributed by atoms with Crippen LogP contribution in [0.2, 0.25) is 0 Å². The van der Waals surface area contributed by atoms with Crippen LogP contribution in [0.4, 0.5) is 0 Å². The second-order valence-corrected chi connectivity index (χ2v) is 10.4. The predicted octanol–water partition coefficient (Wildman–Crippen LogP) is 4.42. The molecule has 7 heteroatoms. The Hall–Kier alpha value is -5.30. The van der Waals surface area contributed by atoms with E-state index in [1.165, 1.54) is 16.4 Å². The molecule has 0 saturated heterocycles. The highest BCUT2D eigenvalue weighted by atomic mass is 16.4. The van der Waals surface area contributed by atoms with Gasteiger partial charge in [0.2, 0.25) is 0 Å². The SMILES string of the molecule is O=C(O)c1ccc2c(c1)c1cccc3c1n2-c1cccc2c1B3c1cccc3c4cc(C(=O)O)ccc4n-2c13. The van der Waals surface area contributed by atoms with Crippen molar-refractivity contribution in [1.29, 1.82) is 0 Å². The number of para-hydroxylation sites is 2. The summed E-state index contributed by atoms with van der Waals surface area (Å²) in [6.07, 6.45) is 0. The number of nitrogens with zero attached hydrogens (tertiary/aromatic N) is 2. The number of hydrogen-bond donors (Lipinski definition) is 2. The van der Waals surface area contributed by atoms with Crippen molar-refractivity contribution in [2.24, 2.45) is 0 Å². The molecule has 2 N–H and O–H groups in total. The molecular weight excluding hydrogens is 487 g/mol. The summed E-state index contributed by atoms with van der Waals surface area (Å²) in [4.78, 5) is 23.6. The van der Waals surface area contributed by atoms with E-state index in [0.717, 1.165) is 55.0 Å². The van der Waals surface area contributed by atoms with Crippen LogP contribution in [0.1, 0.15) is 20.7 Å². The largest absolute Gasteiger partial charge is 0.478 e. The minimum absolute atomic E-state index is 0.0184. The standard InChI is InChI=1S/C32H17BN2O4/c36-31(37)16-10-12-24-20(14-16)18-4-1-6-22-29(18)34(24)26-8-3-9-27-28(26)33(22)23-7-2-5-19-21-15-17(32(38)39)11-13-25(21)35(27)30(19)23/h1-15H,(H,36,37)(H,38,39). The monoisotopic (exact) mass is 504 g/mol. The summed E-state index contributed by atoms with van der Waals surface area (Å²) in [7, 11) is 0. The highest BCUT2D eigenvalue weighted by molar-refractivity contribution is 7.00. The number of aromatic nitrogens is 2. The van der Waals surface area contributed by atoms with Gasteiger partial charge < -0.3 is 19.3 Å². The van der Waals surface area contributed by atoms with Gasteiger partial charge in [-0.2, -0.15) is 0 Å². The minimum Gasteiger partial charge on any atom is -0.478 e. The lowest BCUT2D eigenvalue weighted by Crippen LogP contribution is -2.59. The number of carboxylic acids is 2. The van der Waals surface area contributed by atoms with Gasteiger partial charge in [-0.3, -0.25) is 0 Å². The first-order valence-corrected chi connectivity index (χ1v) is 12.8. The third kappa shape index (κ3) is 2.34. The van der Waals surface area contributed by atoms with Crippen LogP contribution in [0.25, 0.3) is 55.0 Å². The third-order valence-corrected chi connectivity index (χ3v) is 8.58. The average molecular weight is 504 g/mol. The summed E-state index contributed by atoms with van der Waals surface area (Å²) < 4.78 is 4.56. The van der Waals surface area contributed by atoms with E-state index in [2.05, 4.69) is 63.7 Å². The number of aromatic carboxylic acids is 2. The van der Waals surface area contributed by atoms with Crippen LogP contribution in [0.15, 0.2) is 91.0 Å². The second-order valence-electron chi connectivity index (χ2n) is 10.4. The molecule has 7 aromatic rings. The smallest absolute Gasteiger partial charge is 0.335 e. The molecule has 2 aliphatic heterocycles. The number of hydrogen-bond acceptors (Lipinski definition) is 2. The van der Waals surface area contributed by atoms with Crippen LogP contribution in [-0.2, 0) is 0 Å². The Morgan fingerprint density at radius 3 is 1.49 bits per heavy atom. The molecule has 0 atom stereocenters. The molecule has 6 nitrogen and oxygen atoms in total. The van der Waals surface area contributed by atoms with Gasteiger partial charge in [-0.05, 0) is 64.9 Å². The van der Waals surface area contributed by atoms with Crippen LogP contribution < -0.4 is 16.4 Å². The van der Waals surface area contributed by atoms with Crippen LogP contribution in [0.3, 0.4) is 0 Å². The maximum atomic E-state index is 11.8. The Labute approximate surface area is 221 Å². The zero-order valence-electron chi connectivity index (χ0n) is 20.3. The molecule has 0 saturated carbocycles. The lowest BCUT2D eigenvalue weighted by atomic mass is 9.34. The van der Waals surface area contributed by atoms with Crippen molar-refractivity contribution in [2.75, 3.05) is 0 Å². The lowest BCUT2D eigenvalue weighted by Gasteiger charge is -2.33. The fraction of sp³-hybridized carbons (Fsp3) is 0. The van der Waals surface area contributed by atoms with Crippen LogP contribution in [-0.4, -0.2) is 38.0 Å². The maximum absolute atomic E-state index is 11.8. The Bertz CT molecular complexity index is 2150. The first-order valence-electron chi connectivity index (χ1n) is 12.8. The summed E-state index contributed by atoms with van der Waals surface area (Å²) in [5.74, 6) is -1.88. The number of fused-ring (bicyclic) bond motifs is 10. The third-order valence-electron chi connectivity index (χ3n) is 8.58. The predicted molar refractivity (Wildman–Crippen MR) is 154 cm³/mol. The van der Waals surface area contributed by atoms with Gasteiger partial charge in [0.15, 0.2) is 0 Å². The normalized spacial score (nSPS) is 13.0. The molecule has 5 aromatic carbocycles. The van der Waals surface area contributed by atoms with E-state index >= 15 is 0 Å². The van der Waals surface area contributed by atoms with Gasteiger partial charge in [-0.25, -0.2) is 9.59 Å². The molecule has 0 fully saturated rings. The number of rotatable bonds is 2. The van der Waals surface area contributed by atoms with Crippen molar-refractivity contribution in [2.45, 2.75) is 0 Å². The first-order chi connectivity index (χ1) is 19.0. The van der Waals surface area contributed by atoms with Crippen molar-refractivity contribution in [3.05, 3.63) is 102 Å². The summed E-state index contributed by atoms with van der Waals surface area (Å²) in [5, 5.41) is 23.3. The highest BCUT2D eigenvalue weighted by Gasteiger charge is 2.40. The van der Waals surface area contributed by atoms with Crippen molar-refractivity contribution in [1.82, 2.24) is 9.13 Å². The quantitative estimate of drug-likeness (QED) is 0.342. The van der Waals surface area contributed by atoms with Gasteiger partial charge in [0, 0.05) is 44.0 Å². The molecule has 0 unspecified atom stereocenters. The summed E-state index contributed by atoms with van der Waals surface area (Å²) in [6, 6.07) is 29.7. The Morgan fingerprint density at radius 2 is 1.03 bits per heavy atom. The van der Waals surface area contributed by atoms with E-state index in [1.807, 2.05) is 12.1 Å². The summed E-state index contributed by atoms with van der Waals surface area (Å²) in [5.41, 5.74) is 10.4. The molecule has 0 radical (unpaired) electrons. The number of carboxylic acid groups (broad SMARTS) is 2. The van der Waals surface area contributed by atoms with Gasteiger partial charge in [0.1, 0.15) is 0 Å². The second kappa shape index (κ2) is 6.77. The molecule has 0 bridgehead atoms. The molecular formula is C32H17BN2O4. The fourth-order valence-corrected chi connectivity index (χ4v) is 7.13. The molecule has 2 aromatic heterocycles. The zero-order chi connectivity index (χ0) is 26.2. The van der Waals surface area contributed by atoms with Crippen LogP contribution in [0.5, 0.6) is 0 Å². The molecule has 0 amide bonds.